The number of Topliss-reactive ketones (excluding diaryl/α,β-unsaturated/α-hetero) is 1. The highest BCUT2D eigenvalue weighted by Gasteiger charge is 2.45. The van der Waals surface area contributed by atoms with Crippen LogP contribution in [-0.4, -0.2) is 51.9 Å². The van der Waals surface area contributed by atoms with Crippen LogP contribution in [0.5, 0.6) is 6.01 Å². The van der Waals surface area contributed by atoms with Gasteiger partial charge in [-0.05, 0) is 84.5 Å². The van der Waals surface area contributed by atoms with E-state index < -0.39 is 53.2 Å². The number of carbonyl (C=O) groups is 3. The first-order valence-electron chi connectivity index (χ1n) is 15.3. The van der Waals surface area contributed by atoms with E-state index in [-0.39, 0.29) is 36.1 Å². The van der Waals surface area contributed by atoms with Gasteiger partial charge in [-0.3, -0.25) is 14.4 Å². The lowest BCUT2D eigenvalue weighted by molar-refractivity contribution is -0.154. The molecule has 0 saturated heterocycles. The van der Waals surface area contributed by atoms with Gasteiger partial charge in [-0.2, -0.15) is 28.1 Å². The monoisotopic (exact) mass is 713 g/mol. The lowest BCUT2D eigenvalue weighted by Crippen LogP contribution is -2.37. The minimum atomic E-state index is -4.62. The number of amides is 2. The Balaban J connectivity index is 1.20. The van der Waals surface area contributed by atoms with Crippen LogP contribution in [0.3, 0.4) is 0 Å². The highest BCUT2D eigenvalue weighted by molar-refractivity contribution is 6.40. The number of hydrogen-bond donors (Lipinski definition) is 4. The summed E-state index contributed by atoms with van der Waals surface area (Å²) < 4.78 is 56.7. The second-order valence-electron chi connectivity index (χ2n) is 12.5. The molecular formula is C34H32ClF4N7O4. The highest BCUT2D eigenvalue weighted by atomic mass is 35.5. The third-order valence-electron chi connectivity index (χ3n) is 7.60. The Morgan fingerprint density at radius 3 is 2.10 bits per heavy atom. The summed E-state index contributed by atoms with van der Waals surface area (Å²) in [4.78, 5) is 50.1. The Morgan fingerprint density at radius 1 is 0.860 bits per heavy atom. The van der Waals surface area contributed by atoms with Crippen molar-refractivity contribution in [1.29, 1.82) is 0 Å². The maximum absolute atomic E-state index is 13.1. The van der Waals surface area contributed by atoms with Crippen molar-refractivity contribution in [2.75, 3.05) is 29.1 Å². The van der Waals surface area contributed by atoms with Crippen LogP contribution in [0.15, 0.2) is 72.8 Å². The number of nitrogens with one attached hydrogen (secondary N) is 4. The molecule has 1 saturated carbocycles. The van der Waals surface area contributed by atoms with E-state index in [4.69, 9.17) is 16.3 Å². The number of alkyl halides is 3. The summed E-state index contributed by atoms with van der Waals surface area (Å²) in [7, 11) is 0. The van der Waals surface area contributed by atoms with Crippen molar-refractivity contribution in [2.45, 2.75) is 44.8 Å². The fourth-order valence-electron chi connectivity index (χ4n) is 4.84. The van der Waals surface area contributed by atoms with Gasteiger partial charge in [0.15, 0.2) is 6.61 Å². The lowest BCUT2D eigenvalue weighted by Gasteiger charge is -2.24. The molecule has 11 nitrogen and oxygen atoms in total. The molecule has 0 aliphatic heterocycles. The summed E-state index contributed by atoms with van der Waals surface area (Å²) in [6, 6.07) is 17.7. The largest absolute Gasteiger partial charge is 0.454 e. The van der Waals surface area contributed by atoms with Crippen LogP contribution in [0.25, 0.3) is 0 Å². The van der Waals surface area contributed by atoms with Crippen molar-refractivity contribution >= 4 is 52.5 Å². The van der Waals surface area contributed by atoms with Crippen LogP contribution in [0, 0.1) is 11.2 Å². The molecule has 0 spiro atoms. The molecule has 4 N–H and O–H groups in total. The number of halogens is 5. The summed E-state index contributed by atoms with van der Waals surface area (Å²) in [5.74, 6) is -2.58. The fraction of sp³-hybridized carbons (Fsp3) is 0.294. The van der Waals surface area contributed by atoms with Gasteiger partial charge in [-0.1, -0.05) is 37.6 Å². The number of hydrogen-bond acceptors (Lipinski definition) is 9. The Bertz CT molecular complexity index is 1850. The van der Waals surface area contributed by atoms with E-state index in [2.05, 4.69) is 36.2 Å². The van der Waals surface area contributed by atoms with Crippen LogP contribution in [0.2, 0.25) is 5.02 Å². The van der Waals surface area contributed by atoms with Crippen LogP contribution >= 0.6 is 11.6 Å². The fourth-order valence-corrected chi connectivity index (χ4v) is 4.97. The van der Waals surface area contributed by atoms with Gasteiger partial charge in [-0.15, -0.1) is 0 Å². The molecule has 4 aromatic rings. The van der Waals surface area contributed by atoms with E-state index in [1.54, 1.807) is 38.1 Å². The third-order valence-corrected chi connectivity index (χ3v) is 7.85. The first kappa shape index (κ1) is 36.0. The summed E-state index contributed by atoms with van der Waals surface area (Å²) in [6.45, 7) is 1.90. The molecule has 50 heavy (non-hydrogen) atoms. The molecule has 0 atom stereocenters. The molecule has 5 rings (SSSR count). The van der Waals surface area contributed by atoms with E-state index in [9.17, 15) is 31.9 Å². The Kier molecular flexibility index (Phi) is 10.6. The molecule has 1 aliphatic carbocycles. The van der Waals surface area contributed by atoms with Crippen LogP contribution in [0.4, 0.5) is 40.8 Å². The second kappa shape index (κ2) is 14.7. The number of carbonyl (C=O) groups excluding carboxylic acids is 3. The molecule has 262 valence electrons. The Morgan fingerprint density at radius 2 is 1.48 bits per heavy atom. The average molecular weight is 714 g/mol. The van der Waals surface area contributed by atoms with Crippen LogP contribution in [-0.2, 0) is 15.1 Å². The van der Waals surface area contributed by atoms with Crippen LogP contribution in [0.1, 0.15) is 49.0 Å². The van der Waals surface area contributed by atoms with Gasteiger partial charge in [0.1, 0.15) is 5.82 Å². The third kappa shape index (κ3) is 10.1. The molecule has 1 heterocycles. The number of rotatable bonds is 14. The quantitative estimate of drug-likeness (QED) is 0.0818. The zero-order valence-electron chi connectivity index (χ0n) is 26.8. The van der Waals surface area contributed by atoms with Crippen molar-refractivity contribution in [3.8, 4) is 6.01 Å². The molecule has 1 fully saturated rings. The lowest BCUT2D eigenvalue weighted by atomic mass is 9.87. The standard InChI is InChI=1S/C34H32ClF4N7O4/c1-32(2,17-26(47)28(49)41-24-13-9-23(36)10-14-24)18-40-27(48)20-3-11-25(12-4-20)42-29-43-30(45-31(44-29)50-19-34(37,38)39)46-33(15-16-33)21-5-7-22(35)8-6-21/h3-14H,15-19H2,1-2H3,(H,40,48)(H,41,49)(H2,42,43,44,45,46). The molecule has 0 radical (unpaired) electrons. The average Bonchev–Trinajstić information content (AvgIpc) is 3.84. The number of ketones is 1. The van der Waals surface area contributed by atoms with E-state index in [0.29, 0.717) is 10.7 Å². The van der Waals surface area contributed by atoms with Gasteiger partial charge < -0.3 is 26.0 Å². The number of anilines is 4. The van der Waals surface area contributed by atoms with Gasteiger partial charge in [0.05, 0.1) is 5.54 Å². The zero-order valence-corrected chi connectivity index (χ0v) is 27.6. The minimum Gasteiger partial charge on any atom is -0.454 e. The number of benzene rings is 3. The SMILES string of the molecule is CC(C)(CNC(=O)c1ccc(Nc2nc(NC3(c4ccc(Cl)cc4)CC3)nc(OCC(F)(F)F)n2)cc1)CC(=O)C(=O)Nc1ccc(F)cc1. The molecule has 2 amide bonds. The number of nitrogens with zero attached hydrogens (tertiary/aromatic N) is 3. The van der Waals surface area contributed by atoms with Crippen molar-refractivity contribution in [2.24, 2.45) is 5.41 Å². The number of ether oxygens (including phenoxy) is 1. The Labute approximate surface area is 289 Å². The topological polar surface area (TPSA) is 147 Å². The predicted octanol–water partition coefficient (Wildman–Crippen LogP) is 6.80. The second-order valence-corrected chi connectivity index (χ2v) is 12.9. The Hall–Kier alpha value is -5.31. The summed E-state index contributed by atoms with van der Waals surface area (Å²) in [5.41, 5.74) is 0.563. The highest BCUT2D eigenvalue weighted by Crippen LogP contribution is 2.48. The van der Waals surface area contributed by atoms with E-state index >= 15 is 0 Å². The number of aromatic nitrogens is 3. The first-order chi connectivity index (χ1) is 23.6. The van der Waals surface area contributed by atoms with E-state index in [0.717, 1.165) is 30.5 Å². The maximum Gasteiger partial charge on any atom is 0.422 e. The van der Waals surface area contributed by atoms with Gasteiger partial charge in [0, 0.05) is 34.9 Å². The van der Waals surface area contributed by atoms with Gasteiger partial charge in [0.25, 0.3) is 11.8 Å². The normalized spacial score (nSPS) is 13.6. The minimum absolute atomic E-state index is 0.00263. The van der Waals surface area contributed by atoms with Gasteiger partial charge >= 0.3 is 12.2 Å². The van der Waals surface area contributed by atoms with Crippen molar-refractivity contribution in [3.63, 3.8) is 0 Å². The molecule has 3 aromatic carbocycles. The van der Waals surface area contributed by atoms with E-state index in [1.807, 2.05) is 12.1 Å². The molecule has 16 heteroatoms. The van der Waals surface area contributed by atoms with Gasteiger partial charge in [0.2, 0.25) is 17.7 Å². The smallest absolute Gasteiger partial charge is 0.422 e. The summed E-state index contributed by atoms with van der Waals surface area (Å²) in [5, 5.41) is 11.8. The van der Waals surface area contributed by atoms with Crippen molar-refractivity contribution < 1.29 is 36.7 Å². The summed E-state index contributed by atoms with van der Waals surface area (Å²) in [6.07, 6.45) is -3.32. The van der Waals surface area contributed by atoms with Gasteiger partial charge in [-0.25, -0.2) is 4.39 Å². The van der Waals surface area contributed by atoms with Crippen molar-refractivity contribution in [3.05, 3.63) is 94.8 Å². The predicted molar refractivity (Wildman–Crippen MR) is 178 cm³/mol. The van der Waals surface area contributed by atoms with Crippen LogP contribution < -0.4 is 26.0 Å². The molecule has 0 bridgehead atoms. The molecule has 1 aliphatic rings. The van der Waals surface area contributed by atoms with E-state index in [1.165, 1.54) is 24.3 Å². The molecular weight excluding hydrogens is 682 g/mol. The zero-order chi connectivity index (χ0) is 36.1. The van der Waals surface area contributed by atoms with Crippen molar-refractivity contribution in [1.82, 2.24) is 20.3 Å². The molecule has 0 unspecified atom stereocenters. The maximum atomic E-state index is 13.1. The summed E-state index contributed by atoms with van der Waals surface area (Å²) >= 11 is 6.02. The molecule has 1 aromatic heterocycles. The first-order valence-corrected chi connectivity index (χ1v) is 15.7.